The number of hydrogen-bond donors (Lipinski definition) is 0. The molecule has 0 aromatic heterocycles. The number of ether oxygens (including phenoxy) is 2. The Labute approximate surface area is 109 Å². The van der Waals surface area contributed by atoms with E-state index in [1.54, 1.807) is 0 Å². The zero-order valence-corrected chi connectivity index (χ0v) is 10.5. The molecule has 0 N–H and O–H groups in total. The Morgan fingerprint density at radius 1 is 1.44 bits per heavy atom. The third-order valence-corrected chi connectivity index (χ3v) is 2.58. The first-order valence-corrected chi connectivity index (χ1v) is 5.84. The minimum Gasteiger partial charge on any atom is -0.465 e. The molecule has 1 aromatic rings. The SMILES string of the molecule is COC(=O)c1cccc(OC(F)F)c1CCCCl. The largest absolute Gasteiger partial charge is 0.465 e. The summed E-state index contributed by atoms with van der Waals surface area (Å²) in [7, 11) is 1.23. The van der Waals surface area contributed by atoms with Crippen LogP contribution in [0.3, 0.4) is 0 Å². The summed E-state index contributed by atoms with van der Waals surface area (Å²) in [5.74, 6) is -0.235. The molecule has 1 aromatic carbocycles. The normalized spacial score (nSPS) is 10.5. The molecule has 0 heterocycles. The first kappa shape index (κ1) is 14.7. The van der Waals surface area contributed by atoms with Crippen LogP contribution in [0.1, 0.15) is 22.3 Å². The highest BCUT2D eigenvalue weighted by Gasteiger charge is 2.17. The molecule has 0 aliphatic rings. The third-order valence-electron chi connectivity index (χ3n) is 2.31. The van der Waals surface area contributed by atoms with Gasteiger partial charge in [-0.15, -0.1) is 11.6 Å². The number of carbonyl (C=O) groups excluding carboxylic acids is 1. The van der Waals surface area contributed by atoms with Crippen LogP contribution in [0.5, 0.6) is 5.75 Å². The highest BCUT2D eigenvalue weighted by atomic mass is 35.5. The average molecular weight is 279 g/mol. The van der Waals surface area contributed by atoms with E-state index in [-0.39, 0.29) is 11.3 Å². The van der Waals surface area contributed by atoms with Crippen LogP contribution < -0.4 is 4.74 Å². The zero-order chi connectivity index (χ0) is 13.5. The van der Waals surface area contributed by atoms with Gasteiger partial charge in [-0.2, -0.15) is 8.78 Å². The van der Waals surface area contributed by atoms with Gasteiger partial charge in [0.05, 0.1) is 12.7 Å². The molecule has 0 amide bonds. The van der Waals surface area contributed by atoms with E-state index in [1.807, 2.05) is 0 Å². The lowest BCUT2D eigenvalue weighted by molar-refractivity contribution is -0.0505. The van der Waals surface area contributed by atoms with Crippen molar-refractivity contribution in [3.63, 3.8) is 0 Å². The molecule has 18 heavy (non-hydrogen) atoms. The predicted octanol–water partition coefficient (Wildman–Crippen LogP) is 3.25. The fourth-order valence-corrected chi connectivity index (χ4v) is 1.71. The smallest absolute Gasteiger partial charge is 0.387 e. The fraction of sp³-hybridized carbons (Fsp3) is 0.417. The molecular formula is C12H13ClF2O3. The molecule has 3 nitrogen and oxygen atoms in total. The number of carbonyl (C=O) groups is 1. The quantitative estimate of drug-likeness (QED) is 0.592. The molecule has 0 saturated heterocycles. The average Bonchev–Trinajstić information content (AvgIpc) is 2.35. The number of hydrogen-bond acceptors (Lipinski definition) is 3. The maximum Gasteiger partial charge on any atom is 0.387 e. The van der Waals surface area contributed by atoms with Gasteiger partial charge in [0.15, 0.2) is 0 Å². The second kappa shape index (κ2) is 7.16. The Balaban J connectivity index is 3.12. The van der Waals surface area contributed by atoms with E-state index in [1.165, 1.54) is 25.3 Å². The summed E-state index contributed by atoms with van der Waals surface area (Å²) in [6, 6.07) is 4.37. The molecule has 0 unspecified atom stereocenters. The van der Waals surface area contributed by atoms with Gasteiger partial charge in [0.25, 0.3) is 0 Å². The van der Waals surface area contributed by atoms with E-state index in [9.17, 15) is 13.6 Å². The van der Waals surface area contributed by atoms with Crippen LogP contribution in [0, 0.1) is 0 Å². The molecule has 0 aliphatic heterocycles. The lowest BCUT2D eigenvalue weighted by Gasteiger charge is -2.13. The summed E-state index contributed by atoms with van der Waals surface area (Å²) in [5.41, 5.74) is 0.617. The number of esters is 1. The van der Waals surface area contributed by atoms with Crippen molar-refractivity contribution in [2.45, 2.75) is 19.5 Å². The maximum absolute atomic E-state index is 12.3. The topological polar surface area (TPSA) is 35.5 Å². The van der Waals surface area contributed by atoms with Gasteiger partial charge in [-0.05, 0) is 25.0 Å². The fourth-order valence-electron chi connectivity index (χ4n) is 1.57. The maximum atomic E-state index is 12.3. The molecule has 0 saturated carbocycles. The highest BCUT2D eigenvalue weighted by molar-refractivity contribution is 6.17. The first-order valence-electron chi connectivity index (χ1n) is 5.31. The third kappa shape index (κ3) is 3.84. The van der Waals surface area contributed by atoms with Crippen molar-refractivity contribution < 1.29 is 23.0 Å². The van der Waals surface area contributed by atoms with E-state index >= 15 is 0 Å². The number of rotatable bonds is 6. The van der Waals surface area contributed by atoms with E-state index < -0.39 is 12.6 Å². The van der Waals surface area contributed by atoms with E-state index in [2.05, 4.69) is 9.47 Å². The molecular weight excluding hydrogens is 266 g/mol. The summed E-state index contributed by atoms with van der Waals surface area (Å²) in [5, 5.41) is 0. The van der Waals surface area contributed by atoms with Crippen LogP contribution in [0.4, 0.5) is 8.78 Å². The lowest BCUT2D eigenvalue weighted by Crippen LogP contribution is -2.10. The van der Waals surface area contributed by atoms with Crippen molar-refractivity contribution >= 4 is 17.6 Å². The van der Waals surface area contributed by atoms with Gasteiger partial charge in [-0.25, -0.2) is 4.79 Å². The minimum atomic E-state index is -2.94. The van der Waals surface area contributed by atoms with Crippen molar-refractivity contribution in [2.24, 2.45) is 0 Å². The lowest BCUT2D eigenvalue weighted by atomic mass is 10.0. The van der Waals surface area contributed by atoms with Crippen LogP contribution in [0.2, 0.25) is 0 Å². The van der Waals surface area contributed by atoms with Gasteiger partial charge in [0.1, 0.15) is 5.75 Å². The summed E-state index contributed by atoms with van der Waals surface area (Å²) in [4.78, 5) is 11.5. The zero-order valence-electron chi connectivity index (χ0n) is 9.79. The van der Waals surface area contributed by atoms with Gasteiger partial charge in [-0.1, -0.05) is 6.07 Å². The van der Waals surface area contributed by atoms with Gasteiger partial charge in [0.2, 0.25) is 0 Å². The number of alkyl halides is 3. The first-order chi connectivity index (χ1) is 8.60. The van der Waals surface area contributed by atoms with Crippen LogP contribution in [-0.2, 0) is 11.2 Å². The van der Waals surface area contributed by atoms with E-state index in [4.69, 9.17) is 11.6 Å². The Kier molecular flexibility index (Phi) is 5.85. The van der Waals surface area contributed by atoms with Crippen LogP contribution in [-0.4, -0.2) is 25.6 Å². The van der Waals surface area contributed by atoms with E-state index in [0.29, 0.717) is 24.3 Å². The number of benzene rings is 1. The minimum absolute atomic E-state index is 0.0157. The predicted molar refractivity (Wildman–Crippen MR) is 63.5 cm³/mol. The Hall–Kier alpha value is -1.36. The highest BCUT2D eigenvalue weighted by Crippen LogP contribution is 2.26. The van der Waals surface area contributed by atoms with Crippen molar-refractivity contribution in [2.75, 3.05) is 13.0 Å². The van der Waals surface area contributed by atoms with Gasteiger partial charge in [0, 0.05) is 11.4 Å². The monoisotopic (exact) mass is 278 g/mol. The van der Waals surface area contributed by atoms with Crippen molar-refractivity contribution in [1.29, 1.82) is 0 Å². The molecule has 6 heteroatoms. The van der Waals surface area contributed by atoms with Gasteiger partial charge >= 0.3 is 12.6 Å². The number of halogens is 3. The molecule has 0 atom stereocenters. The number of methoxy groups -OCH3 is 1. The Morgan fingerprint density at radius 3 is 2.72 bits per heavy atom. The van der Waals surface area contributed by atoms with Gasteiger partial charge in [-0.3, -0.25) is 0 Å². The Bertz CT molecular complexity index is 410. The Morgan fingerprint density at radius 2 is 2.17 bits per heavy atom. The van der Waals surface area contributed by atoms with Crippen LogP contribution >= 0.6 is 11.6 Å². The van der Waals surface area contributed by atoms with Crippen LogP contribution in [0.15, 0.2) is 18.2 Å². The van der Waals surface area contributed by atoms with E-state index in [0.717, 1.165) is 0 Å². The van der Waals surface area contributed by atoms with Crippen LogP contribution in [0.25, 0.3) is 0 Å². The van der Waals surface area contributed by atoms with Crippen molar-refractivity contribution in [1.82, 2.24) is 0 Å². The van der Waals surface area contributed by atoms with Crippen molar-refractivity contribution in [3.8, 4) is 5.75 Å². The summed E-state index contributed by atoms with van der Waals surface area (Å²) in [6.07, 6.45) is 0.923. The second-order valence-corrected chi connectivity index (χ2v) is 3.82. The molecule has 0 bridgehead atoms. The summed E-state index contributed by atoms with van der Waals surface area (Å²) >= 11 is 5.57. The standard InChI is InChI=1S/C12H13ClF2O3/c1-17-11(16)9-4-2-6-10(18-12(14)15)8(9)5-3-7-13/h2,4,6,12H,3,5,7H2,1H3. The molecule has 0 fully saturated rings. The second-order valence-electron chi connectivity index (χ2n) is 3.44. The van der Waals surface area contributed by atoms with Crippen molar-refractivity contribution in [3.05, 3.63) is 29.3 Å². The summed E-state index contributed by atoms with van der Waals surface area (Å²) in [6.45, 7) is -2.94. The van der Waals surface area contributed by atoms with Gasteiger partial charge < -0.3 is 9.47 Å². The molecule has 100 valence electrons. The molecule has 0 radical (unpaired) electrons. The molecule has 0 aliphatic carbocycles. The molecule has 0 spiro atoms. The summed E-state index contributed by atoms with van der Waals surface area (Å²) < 4.78 is 33.5. The molecule has 1 rings (SSSR count).